The van der Waals surface area contributed by atoms with Crippen LogP contribution in [0.4, 0.5) is 13.2 Å². The van der Waals surface area contributed by atoms with Crippen LogP contribution >= 0.6 is 0 Å². The fourth-order valence-corrected chi connectivity index (χ4v) is 1.71. The van der Waals surface area contributed by atoms with Gasteiger partial charge in [0.25, 0.3) is 0 Å². The molecule has 0 amide bonds. The first kappa shape index (κ1) is 13.8. The monoisotopic (exact) mass is 250 g/mol. The summed E-state index contributed by atoms with van der Waals surface area (Å²) < 4.78 is 35.6. The SMILES string of the molecule is CN/C(=N\C=C\C(F)(F)F)N[C@H]1CC[C@H](N)C1. The molecule has 0 aromatic carbocycles. The number of nitrogens with one attached hydrogen (secondary N) is 2. The Morgan fingerprint density at radius 1 is 1.41 bits per heavy atom. The van der Waals surface area contributed by atoms with Gasteiger partial charge >= 0.3 is 6.18 Å². The Balaban J connectivity index is 2.48. The number of nitrogens with two attached hydrogens (primary N) is 1. The molecule has 0 saturated heterocycles. The fourth-order valence-electron chi connectivity index (χ4n) is 1.71. The Morgan fingerprint density at radius 2 is 2.12 bits per heavy atom. The quantitative estimate of drug-likeness (QED) is 0.508. The number of alkyl halides is 3. The molecular weight excluding hydrogens is 233 g/mol. The number of hydrogen-bond donors (Lipinski definition) is 3. The molecule has 2 atom stereocenters. The van der Waals surface area contributed by atoms with E-state index in [4.69, 9.17) is 5.73 Å². The number of guanidine groups is 1. The van der Waals surface area contributed by atoms with Crippen LogP contribution in [0.1, 0.15) is 19.3 Å². The molecule has 17 heavy (non-hydrogen) atoms. The molecule has 0 aromatic rings. The Bertz CT molecular complexity index is 298. The summed E-state index contributed by atoms with van der Waals surface area (Å²) in [5.41, 5.74) is 5.74. The van der Waals surface area contributed by atoms with Crippen LogP contribution < -0.4 is 16.4 Å². The first-order valence-corrected chi connectivity index (χ1v) is 5.43. The van der Waals surface area contributed by atoms with Gasteiger partial charge in [-0.25, -0.2) is 4.99 Å². The third-order valence-electron chi connectivity index (χ3n) is 2.52. The minimum atomic E-state index is -4.34. The molecule has 98 valence electrons. The molecule has 0 spiro atoms. The lowest BCUT2D eigenvalue weighted by Gasteiger charge is -2.14. The Labute approximate surface area is 98.2 Å². The van der Waals surface area contributed by atoms with Crippen molar-refractivity contribution in [2.45, 2.75) is 37.5 Å². The van der Waals surface area contributed by atoms with Gasteiger partial charge in [-0.05, 0) is 19.3 Å². The summed E-state index contributed by atoms with van der Waals surface area (Å²) in [6, 6.07) is 0.340. The molecule has 0 bridgehead atoms. The van der Waals surface area contributed by atoms with E-state index in [1.165, 1.54) is 0 Å². The molecule has 1 aliphatic carbocycles. The second kappa shape index (κ2) is 5.90. The summed E-state index contributed by atoms with van der Waals surface area (Å²) in [6.45, 7) is 0. The minimum absolute atomic E-state index is 0.0897. The first-order valence-electron chi connectivity index (χ1n) is 5.43. The van der Waals surface area contributed by atoms with Crippen molar-refractivity contribution in [3.8, 4) is 0 Å². The van der Waals surface area contributed by atoms with Gasteiger partial charge in [0.05, 0.1) is 0 Å². The van der Waals surface area contributed by atoms with Gasteiger partial charge in [-0.2, -0.15) is 13.2 Å². The van der Waals surface area contributed by atoms with Crippen LogP contribution in [-0.4, -0.2) is 31.3 Å². The van der Waals surface area contributed by atoms with Crippen molar-refractivity contribution in [3.63, 3.8) is 0 Å². The van der Waals surface area contributed by atoms with Gasteiger partial charge in [0.15, 0.2) is 5.96 Å². The van der Waals surface area contributed by atoms with Gasteiger partial charge in [-0.3, -0.25) is 0 Å². The van der Waals surface area contributed by atoms with Crippen LogP contribution in [0.15, 0.2) is 17.3 Å². The molecule has 0 radical (unpaired) electrons. The van der Waals surface area contributed by atoms with Crippen molar-refractivity contribution >= 4 is 5.96 Å². The number of nitrogens with zero attached hydrogens (tertiary/aromatic N) is 1. The smallest absolute Gasteiger partial charge is 0.359 e. The lowest BCUT2D eigenvalue weighted by molar-refractivity contribution is -0.0799. The van der Waals surface area contributed by atoms with Crippen LogP contribution in [0.25, 0.3) is 0 Å². The highest BCUT2D eigenvalue weighted by atomic mass is 19.4. The summed E-state index contributed by atoms with van der Waals surface area (Å²) in [5.74, 6) is 0.324. The van der Waals surface area contributed by atoms with Crippen molar-refractivity contribution in [1.82, 2.24) is 10.6 Å². The van der Waals surface area contributed by atoms with E-state index < -0.39 is 6.18 Å². The number of aliphatic imine (C=N–C) groups is 1. The summed E-state index contributed by atoms with van der Waals surface area (Å²) in [5, 5.41) is 5.73. The van der Waals surface area contributed by atoms with Crippen LogP contribution in [0.3, 0.4) is 0 Å². The van der Waals surface area contributed by atoms with Gasteiger partial charge in [-0.1, -0.05) is 0 Å². The highest BCUT2D eigenvalue weighted by Gasteiger charge is 2.23. The molecule has 0 heterocycles. The molecule has 7 heteroatoms. The molecular formula is C10H17F3N4. The van der Waals surface area contributed by atoms with Crippen molar-refractivity contribution in [2.75, 3.05) is 7.05 Å². The highest BCUT2D eigenvalue weighted by Crippen LogP contribution is 2.17. The van der Waals surface area contributed by atoms with Crippen molar-refractivity contribution in [3.05, 3.63) is 12.3 Å². The maximum Gasteiger partial charge on any atom is 0.411 e. The standard InChI is InChI=1S/C10H17F3N4/c1-15-9(16-5-4-10(11,12)13)17-8-3-2-7(14)6-8/h4-5,7-8H,2-3,6,14H2,1H3,(H2,15,16,17)/b5-4+/t7-,8-/m0/s1. The number of allylic oxidation sites excluding steroid dienone is 1. The molecule has 0 aliphatic heterocycles. The van der Waals surface area contributed by atoms with E-state index in [0.29, 0.717) is 5.96 Å². The Kier molecular flexibility index (Phi) is 4.80. The average molecular weight is 250 g/mol. The van der Waals surface area contributed by atoms with E-state index in [9.17, 15) is 13.2 Å². The van der Waals surface area contributed by atoms with Crippen LogP contribution in [-0.2, 0) is 0 Å². The number of halogens is 3. The van der Waals surface area contributed by atoms with Gasteiger partial charge in [0.1, 0.15) is 0 Å². The Morgan fingerprint density at radius 3 is 2.59 bits per heavy atom. The zero-order valence-electron chi connectivity index (χ0n) is 9.59. The minimum Gasteiger partial charge on any atom is -0.359 e. The third-order valence-corrected chi connectivity index (χ3v) is 2.52. The normalized spacial score (nSPS) is 26.5. The van der Waals surface area contributed by atoms with Crippen LogP contribution in [0.5, 0.6) is 0 Å². The van der Waals surface area contributed by atoms with Crippen molar-refractivity contribution in [2.24, 2.45) is 10.7 Å². The second-order valence-corrected chi connectivity index (χ2v) is 4.00. The maximum absolute atomic E-state index is 11.9. The lowest BCUT2D eigenvalue weighted by atomic mass is 10.2. The third kappa shape index (κ3) is 5.58. The average Bonchev–Trinajstić information content (AvgIpc) is 2.60. The van der Waals surface area contributed by atoms with Gasteiger partial charge < -0.3 is 16.4 Å². The molecule has 0 unspecified atom stereocenters. The van der Waals surface area contributed by atoms with E-state index in [1.54, 1.807) is 7.05 Å². The predicted molar refractivity (Wildman–Crippen MR) is 60.4 cm³/mol. The zero-order chi connectivity index (χ0) is 12.9. The van der Waals surface area contributed by atoms with E-state index in [1.807, 2.05) is 0 Å². The van der Waals surface area contributed by atoms with E-state index >= 15 is 0 Å². The lowest BCUT2D eigenvalue weighted by Crippen LogP contribution is -2.41. The second-order valence-electron chi connectivity index (χ2n) is 4.00. The van der Waals surface area contributed by atoms with Crippen LogP contribution in [0, 0.1) is 0 Å². The maximum atomic E-state index is 11.9. The molecule has 4 N–H and O–H groups in total. The van der Waals surface area contributed by atoms with E-state index in [2.05, 4.69) is 15.6 Å². The van der Waals surface area contributed by atoms with Crippen molar-refractivity contribution < 1.29 is 13.2 Å². The summed E-state index contributed by atoms with van der Waals surface area (Å²) in [6.07, 6.45) is -0.875. The molecule has 1 rings (SSSR count). The number of hydrogen-bond acceptors (Lipinski definition) is 2. The highest BCUT2D eigenvalue weighted by molar-refractivity contribution is 5.80. The molecule has 1 saturated carbocycles. The molecule has 1 aliphatic rings. The fraction of sp³-hybridized carbons (Fsp3) is 0.700. The molecule has 1 fully saturated rings. The zero-order valence-corrected chi connectivity index (χ0v) is 9.59. The Hall–Kier alpha value is -1.24. The van der Waals surface area contributed by atoms with Gasteiger partial charge in [-0.15, -0.1) is 0 Å². The summed E-state index contributed by atoms with van der Waals surface area (Å²) in [7, 11) is 1.60. The van der Waals surface area contributed by atoms with Gasteiger partial charge in [0.2, 0.25) is 0 Å². The summed E-state index contributed by atoms with van der Waals surface area (Å²) in [4.78, 5) is 3.67. The predicted octanol–water partition coefficient (Wildman–Crippen LogP) is 1.11. The van der Waals surface area contributed by atoms with E-state index in [-0.39, 0.29) is 18.2 Å². The first-order chi connectivity index (χ1) is 7.90. The molecule has 0 aromatic heterocycles. The topological polar surface area (TPSA) is 62.4 Å². The van der Waals surface area contributed by atoms with Gasteiger partial charge in [0, 0.05) is 31.4 Å². The van der Waals surface area contributed by atoms with Crippen molar-refractivity contribution in [1.29, 1.82) is 0 Å². The summed E-state index contributed by atoms with van der Waals surface area (Å²) >= 11 is 0. The number of rotatable bonds is 2. The van der Waals surface area contributed by atoms with Crippen LogP contribution in [0.2, 0.25) is 0 Å². The molecule has 4 nitrogen and oxygen atoms in total. The largest absolute Gasteiger partial charge is 0.411 e. The van der Waals surface area contributed by atoms with E-state index in [0.717, 1.165) is 25.5 Å².